The quantitative estimate of drug-likeness (QED) is 0.671. The summed E-state index contributed by atoms with van der Waals surface area (Å²) < 4.78 is 0. The van der Waals surface area contributed by atoms with Gasteiger partial charge in [0.15, 0.2) is 5.82 Å². The summed E-state index contributed by atoms with van der Waals surface area (Å²) in [6.07, 6.45) is 5.43. The summed E-state index contributed by atoms with van der Waals surface area (Å²) in [5, 5.41) is 6.68. The van der Waals surface area contributed by atoms with Gasteiger partial charge in [0, 0.05) is 30.5 Å². The Morgan fingerprint density at radius 2 is 2.00 bits per heavy atom. The third-order valence-corrected chi connectivity index (χ3v) is 6.35. The largest absolute Gasteiger partial charge is 0.327 e. The zero-order chi connectivity index (χ0) is 22.1. The molecule has 1 fully saturated rings. The van der Waals surface area contributed by atoms with Crippen LogP contribution in [0.25, 0.3) is 0 Å². The van der Waals surface area contributed by atoms with Crippen molar-refractivity contribution in [2.24, 2.45) is 0 Å². The van der Waals surface area contributed by atoms with Gasteiger partial charge in [-0.3, -0.25) is 19.6 Å². The van der Waals surface area contributed by atoms with Crippen LogP contribution >= 0.6 is 0 Å². The van der Waals surface area contributed by atoms with E-state index >= 15 is 0 Å². The molecular formula is C24H26N6O2. The first-order valence-electron chi connectivity index (χ1n) is 11.1. The van der Waals surface area contributed by atoms with Crippen LogP contribution in [0, 0.1) is 6.92 Å². The van der Waals surface area contributed by atoms with Gasteiger partial charge in [-0.25, -0.2) is 9.97 Å². The minimum Gasteiger partial charge on any atom is -0.327 e. The number of amides is 2. The fourth-order valence-electron chi connectivity index (χ4n) is 4.64. The van der Waals surface area contributed by atoms with E-state index in [0.717, 1.165) is 36.9 Å². The number of fused-ring (bicyclic) bond motifs is 1. The summed E-state index contributed by atoms with van der Waals surface area (Å²) in [6, 6.07) is 11.6. The number of piperidine rings is 1. The predicted molar refractivity (Wildman–Crippen MR) is 119 cm³/mol. The van der Waals surface area contributed by atoms with Crippen LogP contribution in [-0.4, -0.2) is 50.0 Å². The van der Waals surface area contributed by atoms with Crippen molar-refractivity contribution in [1.82, 2.24) is 25.1 Å². The molecule has 32 heavy (non-hydrogen) atoms. The van der Waals surface area contributed by atoms with Crippen LogP contribution in [0.1, 0.15) is 58.4 Å². The van der Waals surface area contributed by atoms with Crippen molar-refractivity contribution in [3.05, 3.63) is 70.9 Å². The minimum atomic E-state index is -0.213. The molecule has 2 aromatic heterocycles. The van der Waals surface area contributed by atoms with Gasteiger partial charge in [-0.2, -0.15) is 5.10 Å². The van der Waals surface area contributed by atoms with Crippen molar-refractivity contribution in [3.8, 4) is 0 Å². The van der Waals surface area contributed by atoms with Crippen molar-refractivity contribution in [3.63, 3.8) is 0 Å². The molecule has 0 bridgehead atoms. The van der Waals surface area contributed by atoms with Crippen molar-refractivity contribution in [2.75, 3.05) is 18.0 Å². The highest BCUT2D eigenvalue weighted by Gasteiger charge is 2.35. The SMILES string of the molecule is Cc1nc([C@@H]2CCCCN2C(=O)c2ccn[nH]2)nc2c1CC(=O)N2CCc1ccccc1. The number of nitrogens with one attached hydrogen (secondary N) is 1. The molecule has 1 atom stereocenters. The summed E-state index contributed by atoms with van der Waals surface area (Å²) in [5.74, 6) is 1.28. The maximum Gasteiger partial charge on any atom is 0.272 e. The van der Waals surface area contributed by atoms with E-state index in [2.05, 4.69) is 22.3 Å². The zero-order valence-electron chi connectivity index (χ0n) is 18.1. The topological polar surface area (TPSA) is 95.1 Å². The molecule has 3 aromatic rings. The van der Waals surface area contributed by atoms with E-state index in [1.165, 1.54) is 5.56 Å². The minimum absolute atomic E-state index is 0.0551. The number of likely N-dealkylation sites (tertiary alicyclic amines) is 1. The van der Waals surface area contributed by atoms with E-state index in [-0.39, 0.29) is 17.9 Å². The second kappa shape index (κ2) is 8.53. The Balaban J connectivity index is 1.44. The number of hydrogen-bond acceptors (Lipinski definition) is 5. The monoisotopic (exact) mass is 430 g/mol. The lowest BCUT2D eigenvalue weighted by molar-refractivity contribution is -0.117. The number of carbonyl (C=O) groups excluding carboxylic acids is 2. The maximum absolute atomic E-state index is 13.1. The van der Waals surface area contributed by atoms with Gasteiger partial charge in [0.2, 0.25) is 5.91 Å². The number of aryl methyl sites for hydroxylation is 1. The summed E-state index contributed by atoms with van der Waals surface area (Å²) in [4.78, 5) is 39.1. The van der Waals surface area contributed by atoms with E-state index in [1.807, 2.05) is 30.0 Å². The van der Waals surface area contributed by atoms with Crippen LogP contribution in [0.4, 0.5) is 5.82 Å². The molecule has 0 saturated carbocycles. The van der Waals surface area contributed by atoms with Crippen molar-refractivity contribution in [2.45, 2.75) is 45.1 Å². The van der Waals surface area contributed by atoms with Gasteiger partial charge in [0.1, 0.15) is 11.5 Å². The third kappa shape index (κ3) is 3.77. The highest BCUT2D eigenvalue weighted by atomic mass is 16.2. The standard InChI is InChI=1S/C24H26N6O2/c1-16-18-15-21(31)30(14-11-17-7-3-2-4-8-17)23(18)27-22(26-16)20-9-5-6-13-29(20)24(32)19-10-12-25-28-19/h2-4,7-8,10,12,20H,5-6,9,11,13-15H2,1H3,(H,25,28)/t20-/m0/s1. The smallest absolute Gasteiger partial charge is 0.272 e. The number of hydrogen-bond donors (Lipinski definition) is 1. The van der Waals surface area contributed by atoms with Gasteiger partial charge in [-0.15, -0.1) is 0 Å². The molecule has 4 heterocycles. The lowest BCUT2D eigenvalue weighted by Crippen LogP contribution is -2.39. The number of carbonyl (C=O) groups is 2. The number of rotatable bonds is 5. The van der Waals surface area contributed by atoms with Crippen LogP contribution in [0.5, 0.6) is 0 Å². The number of benzene rings is 1. The molecule has 8 heteroatoms. The molecule has 1 aromatic carbocycles. The third-order valence-electron chi connectivity index (χ3n) is 6.35. The van der Waals surface area contributed by atoms with Crippen molar-refractivity contribution in [1.29, 1.82) is 0 Å². The van der Waals surface area contributed by atoms with Crippen LogP contribution in [0.3, 0.4) is 0 Å². The van der Waals surface area contributed by atoms with E-state index in [4.69, 9.17) is 9.97 Å². The molecular weight excluding hydrogens is 404 g/mol. The molecule has 2 aliphatic rings. The molecule has 1 saturated heterocycles. The number of nitrogens with zero attached hydrogens (tertiary/aromatic N) is 5. The van der Waals surface area contributed by atoms with Gasteiger partial charge >= 0.3 is 0 Å². The number of aromatic amines is 1. The second-order valence-corrected chi connectivity index (χ2v) is 8.41. The Bertz CT molecular complexity index is 1130. The van der Waals surface area contributed by atoms with Crippen LogP contribution < -0.4 is 4.90 Å². The lowest BCUT2D eigenvalue weighted by Gasteiger charge is -2.34. The van der Waals surface area contributed by atoms with Gasteiger partial charge in [0.25, 0.3) is 5.91 Å². The van der Waals surface area contributed by atoms with Gasteiger partial charge in [0.05, 0.1) is 12.5 Å². The fourth-order valence-corrected chi connectivity index (χ4v) is 4.64. The first-order chi connectivity index (χ1) is 15.6. The second-order valence-electron chi connectivity index (χ2n) is 8.41. The predicted octanol–water partition coefficient (Wildman–Crippen LogP) is 3.01. The van der Waals surface area contributed by atoms with Crippen molar-refractivity contribution >= 4 is 17.6 Å². The number of aromatic nitrogens is 4. The summed E-state index contributed by atoms with van der Waals surface area (Å²) >= 11 is 0. The van der Waals surface area contributed by atoms with Gasteiger partial charge in [-0.1, -0.05) is 30.3 Å². The average Bonchev–Trinajstić information content (AvgIpc) is 3.46. The molecule has 164 valence electrons. The van der Waals surface area contributed by atoms with E-state index in [0.29, 0.717) is 36.8 Å². The molecule has 0 aliphatic carbocycles. The zero-order valence-corrected chi connectivity index (χ0v) is 18.1. The van der Waals surface area contributed by atoms with Gasteiger partial charge in [-0.05, 0) is 44.2 Å². The Morgan fingerprint density at radius 3 is 2.78 bits per heavy atom. The summed E-state index contributed by atoms with van der Waals surface area (Å²) in [6.45, 7) is 3.16. The van der Waals surface area contributed by atoms with E-state index in [9.17, 15) is 9.59 Å². The molecule has 0 radical (unpaired) electrons. The van der Waals surface area contributed by atoms with Crippen LogP contribution in [0.15, 0.2) is 42.6 Å². The molecule has 1 N–H and O–H groups in total. The first kappa shape index (κ1) is 20.4. The first-order valence-corrected chi connectivity index (χ1v) is 11.1. The fraction of sp³-hybridized carbons (Fsp3) is 0.375. The molecule has 2 amide bonds. The Morgan fingerprint density at radius 1 is 1.16 bits per heavy atom. The number of H-pyrrole nitrogens is 1. The average molecular weight is 431 g/mol. The summed E-state index contributed by atoms with van der Waals surface area (Å²) in [5.41, 5.74) is 3.37. The highest BCUT2D eigenvalue weighted by Crippen LogP contribution is 2.35. The Labute approximate surface area is 186 Å². The van der Waals surface area contributed by atoms with Crippen molar-refractivity contribution < 1.29 is 9.59 Å². The van der Waals surface area contributed by atoms with Gasteiger partial charge < -0.3 is 4.90 Å². The molecule has 5 rings (SSSR count). The normalized spacial score (nSPS) is 18.2. The number of anilines is 1. The lowest BCUT2D eigenvalue weighted by atomic mass is 10.0. The Kier molecular flexibility index (Phi) is 5.43. The molecule has 0 spiro atoms. The highest BCUT2D eigenvalue weighted by molar-refractivity contribution is 6.00. The summed E-state index contributed by atoms with van der Waals surface area (Å²) in [7, 11) is 0. The van der Waals surface area contributed by atoms with E-state index < -0.39 is 0 Å². The maximum atomic E-state index is 13.1. The van der Waals surface area contributed by atoms with Crippen LogP contribution in [-0.2, 0) is 17.6 Å². The van der Waals surface area contributed by atoms with E-state index in [1.54, 1.807) is 17.2 Å². The molecule has 0 unspecified atom stereocenters. The molecule has 8 nitrogen and oxygen atoms in total. The molecule has 2 aliphatic heterocycles. The van der Waals surface area contributed by atoms with Crippen LogP contribution in [0.2, 0.25) is 0 Å². The Hall–Kier alpha value is -3.55.